The van der Waals surface area contributed by atoms with E-state index in [1.165, 1.54) is 63.4 Å². The van der Waals surface area contributed by atoms with Crippen molar-refractivity contribution in [2.75, 3.05) is 20.8 Å². The Bertz CT molecular complexity index is 643. The number of carbonyl (C=O) groups is 2. The summed E-state index contributed by atoms with van der Waals surface area (Å²) in [6.45, 7) is 1.89. The van der Waals surface area contributed by atoms with E-state index >= 15 is 0 Å². The largest absolute Gasteiger partial charge is 0.516 e. The average Bonchev–Trinajstić information content (AvgIpc) is 2.79. The highest BCUT2D eigenvalue weighted by molar-refractivity contribution is 5.81. The van der Waals surface area contributed by atoms with Crippen molar-refractivity contribution in [3.05, 3.63) is 23.8 Å². The van der Waals surface area contributed by atoms with Gasteiger partial charge in [0.1, 0.15) is 0 Å². The van der Waals surface area contributed by atoms with Crippen molar-refractivity contribution in [3.63, 3.8) is 0 Å². The topological polar surface area (TPSA) is 71.1 Å². The molecule has 0 heterocycles. The van der Waals surface area contributed by atoms with Gasteiger partial charge >= 0.3 is 12.1 Å². The minimum atomic E-state index is -0.893. The zero-order valence-electron chi connectivity index (χ0n) is 20.3. The SMILES string of the molecule is CCOC(=O)OC(=O)CCCCCCCCCCCCCCc1ccc(OC)c(OC)c1. The minimum Gasteiger partial charge on any atom is -0.493 e. The number of aryl methyl sites for hydroxylation is 1. The number of esters is 1. The van der Waals surface area contributed by atoms with Gasteiger partial charge in [0.05, 0.1) is 20.8 Å². The van der Waals surface area contributed by atoms with Crippen molar-refractivity contribution in [2.45, 2.75) is 96.8 Å². The number of rotatable bonds is 18. The number of methoxy groups -OCH3 is 2. The molecule has 182 valence electrons. The maximum absolute atomic E-state index is 11.4. The zero-order chi connectivity index (χ0) is 23.4. The van der Waals surface area contributed by atoms with Crippen molar-refractivity contribution < 1.29 is 28.5 Å². The van der Waals surface area contributed by atoms with Gasteiger partial charge in [-0.2, -0.15) is 0 Å². The van der Waals surface area contributed by atoms with Gasteiger partial charge in [-0.05, 0) is 43.9 Å². The Labute approximate surface area is 194 Å². The number of hydrogen-bond acceptors (Lipinski definition) is 6. The van der Waals surface area contributed by atoms with Gasteiger partial charge in [0.15, 0.2) is 11.5 Å². The molecule has 0 aromatic heterocycles. The molecule has 6 nitrogen and oxygen atoms in total. The fraction of sp³-hybridized carbons (Fsp3) is 0.692. The van der Waals surface area contributed by atoms with Gasteiger partial charge in [-0.1, -0.05) is 70.3 Å². The standard InChI is InChI=1S/C26H42O6/c1-4-31-26(28)32-25(27)18-16-14-12-10-8-6-5-7-9-11-13-15-17-22-19-20-23(29-2)24(21-22)30-3/h19-21H,4-18H2,1-3H3. The Balaban J connectivity index is 1.88. The second-order valence-electron chi connectivity index (χ2n) is 8.09. The molecule has 0 radical (unpaired) electrons. The number of ether oxygens (including phenoxy) is 4. The molecule has 0 fully saturated rings. The number of unbranched alkanes of at least 4 members (excludes halogenated alkanes) is 11. The molecule has 0 aliphatic heterocycles. The van der Waals surface area contributed by atoms with E-state index in [9.17, 15) is 9.59 Å². The lowest BCUT2D eigenvalue weighted by atomic mass is 10.0. The molecule has 1 aromatic carbocycles. The third-order valence-corrected chi connectivity index (χ3v) is 5.50. The Hall–Kier alpha value is -2.24. The monoisotopic (exact) mass is 450 g/mol. The quantitative estimate of drug-likeness (QED) is 0.136. The molecule has 0 unspecified atom stereocenters. The lowest BCUT2D eigenvalue weighted by molar-refractivity contribution is -0.139. The first kappa shape index (κ1) is 27.8. The van der Waals surface area contributed by atoms with E-state index in [0.717, 1.165) is 37.2 Å². The van der Waals surface area contributed by atoms with Crippen LogP contribution in [0.15, 0.2) is 18.2 Å². The summed E-state index contributed by atoms with van der Waals surface area (Å²) >= 11 is 0. The van der Waals surface area contributed by atoms with E-state index in [0.29, 0.717) is 0 Å². The fourth-order valence-corrected chi connectivity index (χ4v) is 3.69. The van der Waals surface area contributed by atoms with Crippen molar-refractivity contribution in [1.29, 1.82) is 0 Å². The van der Waals surface area contributed by atoms with Gasteiger partial charge in [-0.25, -0.2) is 4.79 Å². The molecule has 1 rings (SSSR count). The first-order valence-corrected chi connectivity index (χ1v) is 12.2. The summed E-state index contributed by atoms with van der Waals surface area (Å²) in [6, 6.07) is 6.18. The summed E-state index contributed by atoms with van der Waals surface area (Å²) in [5, 5.41) is 0. The first-order chi connectivity index (χ1) is 15.6. The van der Waals surface area contributed by atoms with Crippen LogP contribution in [0.4, 0.5) is 4.79 Å². The van der Waals surface area contributed by atoms with E-state index in [4.69, 9.17) is 9.47 Å². The second-order valence-corrected chi connectivity index (χ2v) is 8.09. The number of hydrogen-bond donors (Lipinski definition) is 0. The van der Waals surface area contributed by atoms with E-state index in [2.05, 4.69) is 21.6 Å². The van der Waals surface area contributed by atoms with Gasteiger partial charge in [0.25, 0.3) is 0 Å². The highest BCUT2D eigenvalue weighted by Crippen LogP contribution is 2.28. The van der Waals surface area contributed by atoms with Crippen molar-refractivity contribution in [2.24, 2.45) is 0 Å². The third kappa shape index (κ3) is 13.2. The van der Waals surface area contributed by atoms with Gasteiger partial charge in [0, 0.05) is 6.42 Å². The first-order valence-electron chi connectivity index (χ1n) is 12.2. The molecule has 0 saturated carbocycles. The predicted molar refractivity (Wildman–Crippen MR) is 126 cm³/mol. The van der Waals surface area contributed by atoms with E-state index in [-0.39, 0.29) is 13.0 Å². The molecule has 0 amide bonds. The van der Waals surface area contributed by atoms with Gasteiger partial charge in [-0.3, -0.25) is 4.79 Å². The van der Waals surface area contributed by atoms with Crippen molar-refractivity contribution in [1.82, 2.24) is 0 Å². The minimum absolute atomic E-state index is 0.215. The van der Waals surface area contributed by atoms with Crippen LogP contribution in [0.1, 0.15) is 96.0 Å². The Morgan fingerprint density at radius 1 is 0.719 bits per heavy atom. The summed E-state index contributed by atoms with van der Waals surface area (Å²) in [6.07, 6.45) is 14.8. The fourth-order valence-electron chi connectivity index (χ4n) is 3.69. The summed E-state index contributed by atoms with van der Waals surface area (Å²) in [5.74, 6) is 1.10. The Morgan fingerprint density at radius 2 is 1.25 bits per heavy atom. The average molecular weight is 451 g/mol. The second kappa shape index (κ2) is 18.3. The van der Waals surface area contributed by atoms with Crippen LogP contribution >= 0.6 is 0 Å². The molecule has 0 bridgehead atoms. The Kier molecular flexibility index (Phi) is 15.9. The molecule has 0 aliphatic carbocycles. The van der Waals surface area contributed by atoms with Crippen LogP contribution in [0.25, 0.3) is 0 Å². The van der Waals surface area contributed by atoms with E-state index < -0.39 is 12.1 Å². The molecule has 6 heteroatoms. The maximum Gasteiger partial charge on any atom is 0.516 e. The van der Waals surface area contributed by atoms with Gasteiger partial charge < -0.3 is 18.9 Å². The van der Waals surface area contributed by atoms with Crippen molar-refractivity contribution in [3.8, 4) is 11.5 Å². The van der Waals surface area contributed by atoms with Crippen LogP contribution in [-0.2, 0) is 20.7 Å². The summed E-state index contributed by atoms with van der Waals surface area (Å²) in [5.41, 5.74) is 1.30. The van der Waals surface area contributed by atoms with Gasteiger partial charge in [0.2, 0.25) is 0 Å². The predicted octanol–water partition coefficient (Wildman–Crippen LogP) is 7.02. The normalized spacial score (nSPS) is 10.6. The van der Waals surface area contributed by atoms with Gasteiger partial charge in [-0.15, -0.1) is 0 Å². The molecule has 0 spiro atoms. The van der Waals surface area contributed by atoms with Crippen LogP contribution in [0.2, 0.25) is 0 Å². The maximum atomic E-state index is 11.4. The molecule has 0 N–H and O–H groups in total. The number of benzene rings is 1. The van der Waals surface area contributed by atoms with Crippen molar-refractivity contribution >= 4 is 12.1 Å². The summed E-state index contributed by atoms with van der Waals surface area (Å²) < 4.78 is 19.8. The third-order valence-electron chi connectivity index (χ3n) is 5.50. The van der Waals surface area contributed by atoms with Crippen LogP contribution in [-0.4, -0.2) is 33.0 Å². The Morgan fingerprint density at radius 3 is 1.78 bits per heavy atom. The summed E-state index contributed by atoms with van der Waals surface area (Å²) in [4.78, 5) is 22.4. The molecule has 32 heavy (non-hydrogen) atoms. The lowest BCUT2D eigenvalue weighted by Crippen LogP contribution is -2.13. The highest BCUT2D eigenvalue weighted by atomic mass is 16.7. The summed E-state index contributed by atoms with van der Waals surface area (Å²) in [7, 11) is 3.34. The molecule has 0 atom stereocenters. The molecule has 0 saturated heterocycles. The number of carbonyl (C=O) groups excluding carboxylic acids is 2. The molecule has 0 aliphatic rings. The molecular formula is C26H42O6. The highest BCUT2D eigenvalue weighted by Gasteiger charge is 2.10. The lowest BCUT2D eigenvalue weighted by Gasteiger charge is -2.09. The molecular weight excluding hydrogens is 408 g/mol. The van der Waals surface area contributed by atoms with Crippen LogP contribution in [0.3, 0.4) is 0 Å². The van der Waals surface area contributed by atoms with Crippen LogP contribution in [0, 0.1) is 0 Å². The zero-order valence-corrected chi connectivity index (χ0v) is 20.3. The van der Waals surface area contributed by atoms with Crippen LogP contribution < -0.4 is 9.47 Å². The van der Waals surface area contributed by atoms with E-state index in [1.807, 2.05) is 6.07 Å². The smallest absolute Gasteiger partial charge is 0.493 e. The van der Waals surface area contributed by atoms with Crippen LogP contribution in [0.5, 0.6) is 11.5 Å². The van der Waals surface area contributed by atoms with E-state index in [1.54, 1.807) is 21.1 Å². The molecule has 1 aromatic rings.